The molecule has 1 atom stereocenters. The molecule has 0 aliphatic rings. The molecular formula is C3H17F5LiO18P5S. The van der Waals surface area contributed by atoms with Gasteiger partial charge in [-0.15, -0.1) is 16.8 Å². The molecule has 0 aromatic carbocycles. The van der Waals surface area contributed by atoms with Crippen molar-refractivity contribution in [2.45, 2.75) is 19.1 Å². The average molecular weight is 630 g/mol. The van der Waals surface area contributed by atoms with Crippen LogP contribution in [0.4, 0.5) is 21.0 Å². The average Bonchev–Trinajstić information content (AvgIpc) is 2.13. The predicted molar refractivity (Wildman–Crippen MR) is 90.2 cm³/mol. The van der Waals surface area contributed by atoms with Crippen molar-refractivity contribution in [2.24, 2.45) is 0 Å². The molecule has 0 aromatic rings. The Hall–Kier alpha value is 0.907. The Bertz CT molecular complexity index is 646. The van der Waals surface area contributed by atoms with Crippen molar-refractivity contribution < 1.29 is 125 Å². The second-order valence-electron chi connectivity index (χ2n) is 3.91. The molecule has 0 aliphatic carbocycles. The second-order valence-corrected chi connectivity index (χ2v) is 10.6. The van der Waals surface area contributed by atoms with Crippen LogP contribution in [0.2, 0.25) is 0 Å². The van der Waals surface area contributed by atoms with Gasteiger partial charge in [-0.05, 0) is 13.8 Å². The van der Waals surface area contributed by atoms with E-state index in [0.717, 1.165) is 0 Å². The molecule has 33 heavy (non-hydrogen) atoms. The summed E-state index contributed by atoms with van der Waals surface area (Å²) in [7, 11) is -29.7. The van der Waals surface area contributed by atoms with Gasteiger partial charge in [0.05, 0.1) is 5.25 Å². The van der Waals surface area contributed by atoms with Crippen molar-refractivity contribution in [2.75, 3.05) is 0 Å². The van der Waals surface area contributed by atoms with Gasteiger partial charge >= 0.3 is 58.4 Å². The Balaban J connectivity index is -0.0000000491. The molecule has 0 rings (SSSR count). The van der Waals surface area contributed by atoms with Crippen molar-refractivity contribution in [3.05, 3.63) is 0 Å². The van der Waals surface area contributed by atoms with Crippen LogP contribution in [-0.4, -0.2) is 62.3 Å². The van der Waals surface area contributed by atoms with Crippen LogP contribution < -0.4 is 23.8 Å². The van der Waals surface area contributed by atoms with Crippen LogP contribution in [0, 0.1) is 0 Å². The Labute approximate surface area is 193 Å². The molecule has 1 unspecified atom stereocenters. The van der Waals surface area contributed by atoms with E-state index in [0.29, 0.717) is 0 Å². The van der Waals surface area contributed by atoms with Gasteiger partial charge in [0, 0.05) is 0 Å². The third-order valence-electron chi connectivity index (χ3n) is 0.596. The zero-order chi connectivity index (χ0) is 28.6. The van der Waals surface area contributed by atoms with Gasteiger partial charge in [0.25, 0.3) is 10.1 Å². The second kappa shape index (κ2) is 21.0. The number of hydrogen-bond donors (Lipinski definition) is 10. The number of rotatable bonds is 1. The first-order valence-electron chi connectivity index (χ1n) is 5.65. The molecule has 0 amide bonds. The zero-order valence-corrected chi connectivity index (χ0v) is 21.1. The van der Waals surface area contributed by atoms with E-state index in [1.165, 1.54) is 13.8 Å². The summed E-state index contributed by atoms with van der Waals surface area (Å²) in [6.45, 7) is 2.82. The molecule has 18 nitrogen and oxygen atoms in total. The summed E-state index contributed by atoms with van der Waals surface area (Å²) in [5.74, 6) is 0. The molecule has 0 radical (unpaired) electrons. The quantitative estimate of drug-likeness (QED) is 0.0593. The molecule has 0 heterocycles. The Morgan fingerprint density at radius 3 is 0.636 bits per heavy atom. The topological polar surface area (TPSA) is 345 Å². The van der Waals surface area contributed by atoms with Crippen molar-refractivity contribution in [3.8, 4) is 0 Å². The monoisotopic (exact) mass is 630 g/mol. The van der Waals surface area contributed by atoms with Crippen molar-refractivity contribution in [1.29, 1.82) is 0 Å². The fourth-order valence-electron chi connectivity index (χ4n) is 0. The molecule has 0 saturated carbocycles. The van der Waals surface area contributed by atoms with Crippen LogP contribution in [0.3, 0.4) is 0 Å². The van der Waals surface area contributed by atoms with Crippen LogP contribution in [0.15, 0.2) is 0 Å². The first-order chi connectivity index (χ1) is 12.9. The third kappa shape index (κ3) is 659. The Morgan fingerprint density at radius 2 is 0.636 bits per heavy atom. The van der Waals surface area contributed by atoms with E-state index >= 15 is 0 Å². The van der Waals surface area contributed by atoms with Crippen molar-refractivity contribution >= 4 is 49.7 Å². The van der Waals surface area contributed by atoms with E-state index in [-0.39, 0.29) is 18.9 Å². The molecule has 0 saturated heterocycles. The summed E-state index contributed by atoms with van der Waals surface area (Å²) in [5.41, 5.74) is 0. The van der Waals surface area contributed by atoms with Crippen LogP contribution in [0.1, 0.15) is 13.8 Å². The number of hydrogen-bond acceptors (Lipinski definition) is 8. The molecule has 30 heteroatoms. The van der Waals surface area contributed by atoms with Gasteiger partial charge in [0.2, 0.25) is 0 Å². The summed E-state index contributed by atoms with van der Waals surface area (Å²) in [5, 5.41) is -0.674. The van der Waals surface area contributed by atoms with Gasteiger partial charge < -0.3 is 9.79 Å². The SMILES string of the molecule is CC(C)S(=O)(=O)O.O=P(O)(O)F.O=P(O)(O)F.O=P(O)(O)F.O=P(O)(O)F.O=P([O-])(O)F.[Li+]. The standard InChI is InChI=1S/C3H8O3S.5FH2O3P.Li/c1-3(2)7(4,5)6;5*1-5(2,3)4;/h3H,1-2H3,(H,4,5,6);5*(H2,2,3,4);/q;;;;;;+1/p-1. The van der Waals surface area contributed by atoms with E-state index in [1.807, 2.05) is 0 Å². The summed E-state index contributed by atoms with van der Waals surface area (Å²) in [6.07, 6.45) is 0. The maximum Gasteiger partial charge on any atom is 1.00 e. The first-order valence-corrected chi connectivity index (χ1v) is 14.6. The molecule has 0 spiro atoms. The van der Waals surface area contributed by atoms with E-state index < -0.39 is 54.9 Å². The third-order valence-corrected chi connectivity index (χ3v) is 1.79. The van der Waals surface area contributed by atoms with Crippen LogP contribution in [0.5, 0.6) is 0 Å². The molecule has 10 N–H and O–H groups in total. The molecule has 0 bridgehead atoms. The largest absolute Gasteiger partial charge is 1.00 e. The predicted octanol–water partition coefficient (Wildman–Crippen LogP) is -3.10. The first kappa shape index (κ1) is 50.7. The van der Waals surface area contributed by atoms with E-state index in [4.69, 9.17) is 76.3 Å². The minimum atomic E-state index is -5.39. The molecule has 204 valence electrons. The summed E-state index contributed by atoms with van der Waals surface area (Å²) >= 11 is 0. The van der Waals surface area contributed by atoms with Crippen LogP contribution in [-0.2, 0) is 32.9 Å². The van der Waals surface area contributed by atoms with Crippen molar-refractivity contribution in [3.63, 3.8) is 0 Å². The molecule has 0 aliphatic heterocycles. The van der Waals surface area contributed by atoms with Crippen molar-refractivity contribution in [1.82, 2.24) is 0 Å². The maximum atomic E-state index is 10.4. The minimum absolute atomic E-state index is 0. The van der Waals surface area contributed by atoms with Gasteiger partial charge in [-0.2, -0.15) is 12.6 Å². The summed E-state index contributed by atoms with van der Waals surface area (Å²) in [4.78, 5) is 71.1. The van der Waals surface area contributed by atoms with Gasteiger partial charge in [-0.3, -0.25) is 48.3 Å². The van der Waals surface area contributed by atoms with Gasteiger partial charge in [0.1, 0.15) is 0 Å². The van der Waals surface area contributed by atoms with Gasteiger partial charge in [0.15, 0.2) is 0 Å². The molecule has 0 fully saturated rings. The van der Waals surface area contributed by atoms with E-state index in [2.05, 4.69) is 0 Å². The van der Waals surface area contributed by atoms with Gasteiger partial charge in [-0.1, -0.05) is 0 Å². The minimum Gasteiger partial charge on any atom is -0.753 e. The smallest absolute Gasteiger partial charge is 0.753 e. The fraction of sp³-hybridized carbons (Fsp3) is 1.00. The molecular weight excluding hydrogens is 613 g/mol. The summed E-state index contributed by atoms with van der Waals surface area (Å²) < 4.78 is 123. The van der Waals surface area contributed by atoms with Crippen LogP contribution >= 0.6 is 39.5 Å². The van der Waals surface area contributed by atoms with E-state index in [9.17, 15) is 29.4 Å². The Kier molecular flexibility index (Phi) is 32.3. The summed E-state index contributed by atoms with van der Waals surface area (Å²) in [6, 6.07) is 0. The number of halogens is 5. The zero-order valence-electron chi connectivity index (χ0n) is 15.8. The normalized spacial score (nSPS) is 13.1. The van der Waals surface area contributed by atoms with Gasteiger partial charge in [-0.25, -0.2) is 18.3 Å². The maximum absolute atomic E-state index is 10.4. The molecule has 0 aromatic heterocycles. The van der Waals surface area contributed by atoms with Crippen LogP contribution in [0.25, 0.3) is 0 Å². The Morgan fingerprint density at radius 1 is 0.606 bits per heavy atom. The van der Waals surface area contributed by atoms with E-state index in [1.54, 1.807) is 0 Å². The fourth-order valence-corrected chi connectivity index (χ4v) is 0.